The predicted molar refractivity (Wildman–Crippen MR) is 154 cm³/mol. The molecule has 0 spiro atoms. The molecule has 0 saturated carbocycles. The minimum absolute atomic E-state index is 0.0483. The van der Waals surface area contributed by atoms with E-state index < -0.39 is 40.9 Å². The molecule has 222 valence electrons. The standard InChI is InChI=1S/C20H23F4NO2S.C10H23N/c1-13(2)7-10-25-9-3-4-15(19(26)27)18(25)28-11-8-20(23,24)14-5-6-16(21)17(22)12-14;1-2-3-4-5-6-7-8-9-10-11/h3-6,9,12-13,18H,7-8,10-11H2,1-2H3,(H,26,27);2-11H2,1H3. The van der Waals surface area contributed by atoms with E-state index in [4.69, 9.17) is 5.73 Å². The van der Waals surface area contributed by atoms with E-state index in [2.05, 4.69) is 6.92 Å². The quantitative estimate of drug-likeness (QED) is 0.144. The summed E-state index contributed by atoms with van der Waals surface area (Å²) >= 11 is 1.10. The molecular formula is C30H46F4N2O2S. The molecule has 9 heteroatoms. The van der Waals surface area contributed by atoms with Gasteiger partial charge < -0.3 is 15.7 Å². The van der Waals surface area contributed by atoms with Gasteiger partial charge in [-0.05, 0) is 55.7 Å². The van der Waals surface area contributed by atoms with Gasteiger partial charge in [0.15, 0.2) is 11.6 Å². The Morgan fingerprint density at radius 1 is 1.08 bits per heavy atom. The summed E-state index contributed by atoms with van der Waals surface area (Å²) in [4.78, 5) is 13.4. The Hall–Kier alpha value is -2.00. The summed E-state index contributed by atoms with van der Waals surface area (Å²) in [5, 5.41) is 8.85. The van der Waals surface area contributed by atoms with E-state index in [9.17, 15) is 27.5 Å². The molecule has 1 atom stereocenters. The molecular weight excluding hydrogens is 528 g/mol. The Kier molecular flexibility index (Phi) is 17.2. The van der Waals surface area contributed by atoms with Crippen LogP contribution in [0.2, 0.25) is 0 Å². The molecule has 0 aliphatic carbocycles. The monoisotopic (exact) mass is 574 g/mol. The van der Waals surface area contributed by atoms with Crippen molar-refractivity contribution in [3.05, 3.63) is 59.3 Å². The maximum Gasteiger partial charge on any atom is 0.334 e. The van der Waals surface area contributed by atoms with Crippen LogP contribution < -0.4 is 5.73 Å². The number of allylic oxidation sites excluding steroid dienone is 2. The zero-order valence-corrected chi connectivity index (χ0v) is 24.4. The number of thioether (sulfide) groups is 1. The fourth-order valence-electron chi connectivity index (χ4n) is 4.00. The van der Waals surface area contributed by atoms with Crippen molar-refractivity contribution >= 4 is 17.7 Å². The summed E-state index contributed by atoms with van der Waals surface area (Å²) < 4.78 is 55.0. The molecule has 3 N–H and O–H groups in total. The Morgan fingerprint density at radius 3 is 2.28 bits per heavy atom. The second kappa shape index (κ2) is 19.1. The van der Waals surface area contributed by atoms with Crippen molar-refractivity contribution in [2.45, 2.75) is 96.3 Å². The van der Waals surface area contributed by atoms with Crippen LogP contribution in [0.15, 0.2) is 42.1 Å². The Morgan fingerprint density at radius 2 is 1.72 bits per heavy atom. The van der Waals surface area contributed by atoms with Gasteiger partial charge in [0, 0.05) is 30.5 Å². The molecule has 2 rings (SSSR count). The number of carbonyl (C=O) groups is 1. The summed E-state index contributed by atoms with van der Waals surface area (Å²) in [6, 6.07) is 2.04. The summed E-state index contributed by atoms with van der Waals surface area (Å²) in [5.41, 5.74) is 4.93. The summed E-state index contributed by atoms with van der Waals surface area (Å²) in [6.45, 7) is 7.83. The Bertz CT molecular complexity index is 901. The van der Waals surface area contributed by atoms with Gasteiger partial charge in [0.25, 0.3) is 5.92 Å². The first kappa shape index (κ1) is 35.0. The number of carboxylic acids is 1. The molecule has 1 aliphatic heterocycles. The van der Waals surface area contributed by atoms with Crippen LogP contribution in [-0.2, 0) is 10.7 Å². The zero-order valence-electron chi connectivity index (χ0n) is 23.6. The number of aliphatic carboxylic acids is 1. The number of alkyl halides is 2. The second-order valence-corrected chi connectivity index (χ2v) is 11.4. The van der Waals surface area contributed by atoms with Crippen molar-refractivity contribution in [2.75, 3.05) is 18.8 Å². The van der Waals surface area contributed by atoms with Gasteiger partial charge in [-0.3, -0.25) is 0 Å². The van der Waals surface area contributed by atoms with Crippen molar-refractivity contribution < 1.29 is 27.5 Å². The fourth-order valence-corrected chi connectivity index (χ4v) is 5.33. The number of unbranched alkanes of at least 4 members (excludes halogenated alkanes) is 7. The maximum atomic E-state index is 14.4. The number of nitrogens with two attached hydrogens (primary N) is 1. The Labute approximate surface area is 236 Å². The number of hydrogen-bond donors (Lipinski definition) is 2. The number of benzene rings is 1. The summed E-state index contributed by atoms with van der Waals surface area (Å²) in [6.07, 6.45) is 16.1. The molecule has 1 aromatic carbocycles. The van der Waals surface area contributed by atoms with E-state index in [0.717, 1.165) is 30.8 Å². The van der Waals surface area contributed by atoms with Crippen molar-refractivity contribution in [1.82, 2.24) is 4.90 Å². The SMILES string of the molecule is CC(C)CCN1C=CC=C(C(=O)O)C1SCCC(F)(F)c1ccc(F)c(F)c1.CCCCCCCCCCN. The van der Waals surface area contributed by atoms with Gasteiger partial charge in [0.1, 0.15) is 5.37 Å². The number of nitrogens with zero attached hydrogens (tertiary/aromatic N) is 1. The lowest BCUT2D eigenvalue weighted by molar-refractivity contribution is -0.133. The van der Waals surface area contributed by atoms with Gasteiger partial charge in [0.05, 0.1) is 5.57 Å². The minimum Gasteiger partial charge on any atom is -0.478 e. The third kappa shape index (κ3) is 13.8. The van der Waals surface area contributed by atoms with Crippen LogP contribution in [0.4, 0.5) is 17.6 Å². The zero-order chi connectivity index (χ0) is 29.3. The lowest BCUT2D eigenvalue weighted by Gasteiger charge is -2.33. The van der Waals surface area contributed by atoms with Crippen LogP contribution in [0.1, 0.15) is 90.5 Å². The van der Waals surface area contributed by atoms with Crippen molar-refractivity contribution in [3.63, 3.8) is 0 Å². The van der Waals surface area contributed by atoms with Gasteiger partial charge in [-0.15, -0.1) is 11.8 Å². The van der Waals surface area contributed by atoms with E-state index >= 15 is 0 Å². The molecule has 0 radical (unpaired) electrons. The predicted octanol–water partition coefficient (Wildman–Crippen LogP) is 8.48. The second-order valence-electron chi connectivity index (χ2n) is 10.3. The van der Waals surface area contributed by atoms with Crippen LogP contribution >= 0.6 is 11.8 Å². The molecule has 1 aromatic rings. The number of rotatable bonds is 17. The fraction of sp³-hybridized carbons (Fsp3) is 0.633. The molecule has 4 nitrogen and oxygen atoms in total. The molecule has 1 aliphatic rings. The van der Waals surface area contributed by atoms with Gasteiger partial charge in [-0.1, -0.05) is 65.7 Å². The van der Waals surface area contributed by atoms with Crippen molar-refractivity contribution in [2.24, 2.45) is 11.7 Å². The first-order valence-electron chi connectivity index (χ1n) is 14.1. The Balaban J connectivity index is 0.000000584. The largest absolute Gasteiger partial charge is 0.478 e. The highest BCUT2D eigenvalue weighted by Crippen LogP contribution is 2.36. The number of halogens is 4. The summed E-state index contributed by atoms with van der Waals surface area (Å²) in [5.74, 6) is -6.58. The van der Waals surface area contributed by atoms with Gasteiger partial charge in [-0.25, -0.2) is 22.4 Å². The van der Waals surface area contributed by atoms with Crippen LogP contribution in [0.5, 0.6) is 0 Å². The number of carboxylic acid groups (broad SMARTS) is 1. The van der Waals surface area contributed by atoms with Crippen LogP contribution in [0, 0.1) is 17.6 Å². The van der Waals surface area contributed by atoms with Crippen molar-refractivity contribution in [1.29, 1.82) is 0 Å². The molecule has 0 bridgehead atoms. The normalized spacial score (nSPS) is 15.3. The van der Waals surface area contributed by atoms with E-state index in [0.29, 0.717) is 24.6 Å². The maximum absolute atomic E-state index is 14.4. The first-order chi connectivity index (χ1) is 18.5. The third-order valence-electron chi connectivity index (χ3n) is 6.42. The van der Waals surface area contributed by atoms with Crippen molar-refractivity contribution in [3.8, 4) is 0 Å². The highest BCUT2D eigenvalue weighted by atomic mass is 32.2. The van der Waals surface area contributed by atoms with Gasteiger partial charge in [-0.2, -0.15) is 0 Å². The lowest BCUT2D eigenvalue weighted by Crippen LogP contribution is -2.36. The van der Waals surface area contributed by atoms with Crippen LogP contribution in [0.3, 0.4) is 0 Å². The van der Waals surface area contributed by atoms with E-state index in [-0.39, 0.29) is 11.3 Å². The van der Waals surface area contributed by atoms with Gasteiger partial charge >= 0.3 is 5.97 Å². The molecule has 39 heavy (non-hydrogen) atoms. The molecule has 0 fully saturated rings. The van der Waals surface area contributed by atoms with Crippen LogP contribution in [0.25, 0.3) is 0 Å². The first-order valence-corrected chi connectivity index (χ1v) is 15.1. The topological polar surface area (TPSA) is 66.6 Å². The van der Waals surface area contributed by atoms with Gasteiger partial charge in [0.2, 0.25) is 0 Å². The number of hydrogen-bond acceptors (Lipinski definition) is 4. The minimum atomic E-state index is -3.35. The molecule has 0 saturated heterocycles. The molecule has 0 aromatic heterocycles. The van der Waals surface area contributed by atoms with E-state index in [1.54, 1.807) is 12.3 Å². The smallest absolute Gasteiger partial charge is 0.334 e. The van der Waals surface area contributed by atoms with E-state index in [1.165, 1.54) is 57.4 Å². The van der Waals surface area contributed by atoms with E-state index in [1.807, 2.05) is 18.7 Å². The molecule has 1 unspecified atom stereocenters. The molecule has 1 heterocycles. The van der Waals surface area contributed by atoms with Crippen LogP contribution in [-0.4, -0.2) is 40.2 Å². The third-order valence-corrected chi connectivity index (χ3v) is 7.70. The molecule has 0 amide bonds. The lowest BCUT2D eigenvalue weighted by atomic mass is 10.1. The summed E-state index contributed by atoms with van der Waals surface area (Å²) in [7, 11) is 0. The average Bonchev–Trinajstić information content (AvgIpc) is 2.89. The average molecular weight is 575 g/mol. The highest BCUT2D eigenvalue weighted by molar-refractivity contribution is 8.00. The highest BCUT2D eigenvalue weighted by Gasteiger charge is 2.34.